The molecular weight excluding hydrogens is 204 g/mol. The normalized spacial score (nSPS) is 10.3. The molecule has 1 aromatic carbocycles. The van der Waals surface area contributed by atoms with Gasteiger partial charge >= 0.3 is 5.97 Å². The minimum atomic E-state index is -1.48. The molecule has 1 aromatic rings. The van der Waals surface area contributed by atoms with E-state index in [2.05, 4.69) is 0 Å². The van der Waals surface area contributed by atoms with Crippen molar-refractivity contribution in [1.29, 1.82) is 0 Å². The number of aryl methyl sites for hydroxylation is 1. The van der Waals surface area contributed by atoms with Gasteiger partial charge in [-0.1, -0.05) is 0 Å². The fraction of sp³-hybridized carbons (Fsp3) is 0.300. The summed E-state index contributed by atoms with van der Waals surface area (Å²) in [4.78, 5) is 10.5. The van der Waals surface area contributed by atoms with E-state index < -0.39 is 23.2 Å². The maximum atomic E-state index is 13.2. The molecule has 0 heterocycles. The van der Waals surface area contributed by atoms with Crippen molar-refractivity contribution in [1.82, 2.24) is 0 Å². The zero-order valence-corrected chi connectivity index (χ0v) is 7.96. The smallest absolute Gasteiger partial charge is 0.338 e. The molecule has 0 atom stereocenters. The quantitative estimate of drug-likeness (QED) is 0.801. The predicted octanol–water partition coefficient (Wildman–Crippen LogP) is 1.55. The highest BCUT2D eigenvalue weighted by molar-refractivity contribution is 5.87. The third kappa shape index (κ3) is 2.73. The maximum absolute atomic E-state index is 13.2. The monoisotopic (exact) mass is 215 g/mol. The molecule has 0 aliphatic rings. The van der Waals surface area contributed by atoms with Crippen LogP contribution < -0.4 is 5.73 Å². The van der Waals surface area contributed by atoms with Crippen LogP contribution in [0.2, 0.25) is 0 Å². The summed E-state index contributed by atoms with van der Waals surface area (Å²) < 4.78 is 26.4. The summed E-state index contributed by atoms with van der Waals surface area (Å²) >= 11 is 0. The first-order chi connectivity index (χ1) is 7.06. The average molecular weight is 215 g/mol. The Balaban J connectivity index is 3.02. The highest BCUT2D eigenvalue weighted by atomic mass is 19.1. The van der Waals surface area contributed by atoms with Crippen LogP contribution >= 0.6 is 0 Å². The SMILES string of the molecule is NCCCc1cc(F)c(C(=O)O)cc1F. The van der Waals surface area contributed by atoms with E-state index in [0.29, 0.717) is 25.5 Å². The molecule has 0 aliphatic heterocycles. The molecule has 3 N–H and O–H groups in total. The molecule has 0 unspecified atom stereocenters. The minimum absolute atomic E-state index is 0.156. The van der Waals surface area contributed by atoms with E-state index in [1.54, 1.807) is 0 Å². The molecule has 5 heteroatoms. The number of nitrogens with two attached hydrogens (primary N) is 1. The molecule has 82 valence electrons. The lowest BCUT2D eigenvalue weighted by Crippen LogP contribution is -2.06. The Hall–Kier alpha value is -1.49. The van der Waals surface area contributed by atoms with Crippen molar-refractivity contribution >= 4 is 5.97 Å². The van der Waals surface area contributed by atoms with E-state index in [1.165, 1.54) is 0 Å². The van der Waals surface area contributed by atoms with Crippen LogP contribution in [-0.2, 0) is 6.42 Å². The lowest BCUT2D eigenvalue weighted by atomic mass is 10.1. The Morgan fingerprint density at radius 3 is 2.53 bits per heavy atom. The van der Waals surface area contributed by atoms with Crippen molar-refractivity contribution in [2.45, 2.75) is 12.8 Å². The molecule has 0 radical (unpaired) electrons. The second-order valence-corrected chi connectivity index (χ2v) is 3.12. The topological polar surface area (TPSA) is 63.3 Å². The first kappa shape index (κ1) is 11.6. The molecule has 0 saturated carbocycles. The molecule has 0 aliphatic carbocycles. The summed E-state index contributed by atoms with van der Waals surface area (Å²) in [6.45, 7) is 0.377. The fourth-order valence-electron chi connectivity index (χ4n) is 1.24. The van der Waals surface area contributed by atoms with Crippen LogP contribution in [0.5, 0.6) is 0 Å². The van der Waals surface area contributed by atoms with Gasteiger partial charge in [-0.15, -0.1) is 0 Å². The van der Waals surface area contributed by atoms with E-state index in [-0.39, 0.29) is 5.56 Å². The molecule has 0 fully saturated rings. The zero-order valence-electron chi connectivity index (χ0n) is 7.96. The molecule has 0 spiro atoms. The second kappa shape index (κ2) is 4.84. The first-order valence-electron chi connectivity index (χ1n) is 4.47. The number of carboxylic acids is 1. The van der Waals surface area contributed by atoms with Crippen molar-refractivity contribution < 1.29 is 18.7 Å². The van der Waals surface area contributed by atoms with Crippen molar-refractivity contribution in [3.8, 4) is 0 Å². The number of hydrogen-bond acceptors (Lipinski definition) is 2. The Bertz CT molecular complexity index is 380. The van der Waals surface area contributed by atoms with Gasteiger partial charge in [0.25, 0.3) is 0 Å². The average Bonchev–Trinajstić information content (AvgIpc) is 2.18. The number of rotatable bonds is 4. The lowest BCUT2D eigenvalue weighted by molar-refractivity contribution is 0.0691. The lowest BCUT2D eigenvalue weighted by Gasteiger charge is -2.04. The van der Waals surface area contributed by atoms with Gasteiger partial charge in [-0.3, -0.25) is 0 Å². The number of carbonyl (C=O) groups is 1. The number of halogens is 2. The molecule has 0 bridgehead atoms. The van der Waals surface area contributed by atoms with E-state index in [1.807, 2.05) is 0 Å². The Kier molecular flexibility index (Phi) is 3.74. The molecule has 3 nitrogen and oxygen atoms in total. The van der Waals surface area contributed by atoms with Crippen LogP contribution in [0, 0.1) is 11.6 Å². The molecule has 1 rings (SSSR count). The molecular formula is C10H11F2NO2. The van der Waals surface area contributed by atoms with Gasteiger partial charge in [0.05, 0.1) is 5.56 Å². The Labute approximate surface area is 85.5 Å². The standard InChI is InChI=1S/C10H11F2NO2/c11-8-5-7(10(14)15)9(12)4-6(8)2-1-3-13/h4-5H,1-3,13H2,(H,14,15). The second-order valence-electron chi connectivity index (χ2n) is 3.12. The number of carboxylic acid groups (broad SMARTS) is 1. The minimum Gasteiger partial charge on any atom is -0.478 e. The van der Waals surface area contributed by atoms with Gasteiger partial charge in [0.15, 0.2) is 0 Å². The van der Waals surface area contributed by atoms with Gasteiger partial charge in [-0.05, 0) is 37.1 Å². The summed E-state index contributed by atoms with van der Waals surface area (Å²) in [5.74, 6) is -3.10. The summed E-state index contributed by atoms with van der Waals surface area (Å²) in [5, 5.41) is 8.53. The van der Waals surface area contributed by atoms with Crippen molar-refractivity contribution in [2.75, 3.05) is 6.54 Å². The molecule has 15 heavy (non-hydrogen) atoms. The van der Waals surface area contributed by atoms with Crippen molar-refractivity contribution in [3.63, 3.8) is 0 Å². The van der Waals surface area contributed by atoms with E-state index in [0.717, 1.165) is 6.07 Å². The van der Waals surface area contributed by atoms with Crippen molar-refractivity contribution in [3.05, 3.63) is 34.9 Å². The van der Waals surface area contributed by atoms with Gasteiger partial charge in [0, 0.05) is 0 Å². The predicted molar refractivity (Wildman–Crippen MR) is 50.7 cm³/mol. The Morgan fingerprint density at radius 1 is 1.33 bits per heavy atom. The number of benzene rings is 1. The van der Waals surface area contributed by atoms with Gasteiger partial charge < -0.3 is 10.8 Å². The van der Waals surface area contributed by atoms with Crippen LogP contribution in [0.25, 0.3) is 0 Å². The van der Waals surface area contributed by atoms with Crippen LogP contribution in [0.3, 0.4) is 0 Å². The summed E-state index contributed by atoms with van der Waals surface area (Å²) in [7, 11) is 0. The third-order valence-electron chi connectivity index (χ3n) is 2.02. The van der Waals surface area contributed by atoms with Gasteiger partial charge in [-0.25, -0.2) is 13.6 Å². The molecule has 0 saturated heterocycles. The fourth-order valence-corrected chi connectivity index (χ4v) is 1.24. The molecule has 0 aromatic heterocycles. The van der Waals surface area contributed by atoms with Crippen LogP contribution in [0.1, 0.15) is 22.3 Å². The summed E-state index contributed by atoms with van der Waals surface area (Å²) in [6.07, 6.45) is 0.835. The number of aromatic carboxylic acids is 1. The van der Waals surface area contributed by atoms with E-state index in [4.69, 9.17) is 10.8 Å². The van der Waals surface area contributed by atoms with Crippen LogP contribution in [0.15, 0.2) is 12.1 Å². The largest absolute Gasteiger partial charge is 0.478 e. The number of hydrogen-bond donors (Lipinski definition) is 2. The summed E-state index contributed by atoms with van der Waals surface area (Å²) in [5.41, 5.74) is 4.74. The van der Waals surface area contributed by atoms with E-state index in [9.17, 15) is 13.6 Å². The van der Waals surface area contributed by atoms with Crippen LogP contribution in [0.4, 0.5) is 8.78 Å². The summed E-state index contributed by atoms with van der Waals surface area (Å²) in [6, 6.07) is 1.61. The molecule has 0 amide bonds. The van der Waals surface area contributed by atoms with Gasteiger partial charge in [0.1, 0.15) is 11.6 Å². The van der Waals surface area contributed by atoms with Gasteiger partial charge in [-0.2, -0.15) is 0 Å². The zero-order chi connectivity index (χ0) is 11.4. The third-order valence-corrected chi connectivity index (χ3v) is 2.02. The highest BCUT2D eigenvalue weighted by Gasteiger charge is 2.14. The van der Waals surface area contributed by atoms with Crippen LogP contribution in [-0.4, -0.2) is 17.6 Å². The maximum Gasteiger partial charge on any atom is 0.338 e. The van der Waals surface area contributed by atoms with Crippen molar-refractivity contribution in [2.24, 2.45) is 5.73 Å². The highest BCUT2D eigenvalue weighted by Crippen LogP contribution is 2.16. The van der Waals surface area contributed by atoms with Gasteiger partial charge in [0.2, 0.25) is 0 Å². The Morgan fingerprint density at radius 2 is 2.00 bits per heavy atom. The van der Waals surface area contributed by atoms with E-state index >= 15 is 0 Å². The first-order valence-corrected chi connectivity index (χ1v) is 4.47.